The van der Waals surface area contributed by atoms with Crippen LogP contribution < -0.4 is 15.4 Å². The van der Waals surface area contributed by atoms with Crippen molar-refractivity contribution in [1.82, 2.24) is 15.5 Å². The van der Waals surface area contributed by atoms with Crippen LogP contribution in [0.5, 0.6) is 5.75 Å². The summed E-state index contributed by atoms with van der Waals surface area (Å²) in [6.07, 6.45) is 2.26. The highest BCUT2D eigenvalue weighted by molar-refractivity contribution is 5.73. The summed E-state index contributed by atoms with van der Waals surface area (Å²) in [6.45, 7) is 6.93. The molecule has 2 aromatic carbocycles. The molecule has 5 nitrogen and oxygen atoms in total. The maximum absolute atomic E-state index is 12.0. The fourth-order valence-corrected chi connectivity index (χ4v) is 3.53. The molecule has 1 aliphatic heterocycles. The van der Waals surface area contributed by atoms with Gasteiger partial charge in [-0.1, -0.05) is 42.5 Å². The number of piperidine rings is 1. The topological polar surface area (TPSA) is 53.6 Å². The van der Waals surface area contributed by atoms with Gasteiger partial charge in [-0.15, -0.1) is 0 Å². The van der Waals surface area contributed by atoms with Crippen LogP contribution in [0, 0.1) is 12.8 Å². The molecule has 2 aromatic rings. The maximum Gasteiger partial charge on any atom is 0.314 e. The summed E-state index contributed by atoms with van der Waals surface area (Å²) in [6, 6.07) is 18.4. The highest BCUT2D eigenvalue weighted by atomic mass is 16.5. The minimum atomic E-state index is -0.112. The Labute approximate surface area is 168 Å². The van der Waals surface area contributed by atoms with E-state index in [4.69, 9.17) is 4.74 Å². The van der Waals surface area contributed by atoms with E-state index in [2.05, 4.69) is 45.9 Å². The Hall–Kier alpha value is -2.53. The van der Waals surface area contributed by atoms with Crippen molar-refractivity contribution in [2.45, 2.75) is 26.3 Å². The lowest BCUT2D eigenvalue weighted by molar-refractivity contribution is 0.174. The molecule has 1 saturated heterocycles. The van der Waals surface area contributed by atoms with E-state index in [1.165, 1.54) is 5.56 Å². The lowest BCUT2D eigenvalue weighted by Gasteiger charge is -2.32. The highest BCUT2D eigenvalue weighted by Gasteiger charge is 2.19. The Bertz CT molecular complexity index is 728. The van der Waals surface area contributed by atoms with Crippen LogP contribution in [0.2, 0.25) is 0 Å². The molecule has 0 saturated carbocycles. The summed E-state index contributed by atoms with van der Waals surface area (Å²) in [4.78, 5) is 14.5. The SMILES string of the molecule is Cc1cccc(OCCNC(=O)NCC2CCN(Cc3ccccc3)CC2)c1. The molecule has 28 heavy (non-hydrogen) atoms. The van der Waals surface area contributed by atoms with Crippen molar-refractivity contribution in [2.24, 2.45) is 5.92 Å². The van der Waals surface area contributed by atoms with Crippen molar-refractivity contribution >= 4 is 6.03 Å². The van der Waals surface area contributed by atoms with Gasteiger partial charge in [0, 0.05) is 13.1 Å². The van der Waals surface area contributed by atoms with Crippen molar-refractivity contribution < 1.29 is 9.53 Å². The first-order valence-electron chi connectivity index (χ1n) is 10.2. The second-order valence-electron chi connectivity index (χ2n) is 7.51. The van der Waals surface area contributed by atoms with Crippen LogP contribution in [-0.4, -0.2) is 43.7 Å². The smallest absolute Gasteiger partial charge is 0.314 e. The molecule has 0 aromatic heterocycles. The van der Waals surface area contributed by atoms with Crippen LogP contribution in [0.15, 0.2) is 54.6 Å². The number of rotatable bonds is 8. The molecular formula is C23H31N3O2. The quantitative estimate of drug-likeness (QED) is 0.687. The van der Waals surface area contributed by atoms with Crippen LogP contribution in [-0.2, 0) is 6.54 Å². The number of carbonyl (C=O) groups is 1. The van der Waals surface area contributed by atoms with Gasteiger partial charge >= 0.3 is 6.03 Å². The van der Waals surface area contributed by atoms with Gasteiger partial charge in [-0.05, 0) is 62.0 Å². The average molecular weight is 382 g/mol. The first-order valence-corrected chi connectivity index (χ1v) is 10.2. The van der Waals surface area contributed by atoms with Crippen LogP contribution in [0.3, 0.4) is 0 Å². The number of carbonyl (C=O) groups excluding carboxylic acids is 1. The first-order chi connectivity index (χ1) is 13.7. The standard InChI is InChI=1S/C23H31N3O2/c1-19-6-5-9-22(16-19)28-15-12-24-23(27)25-17-20-10-13-26(14-11-20)18-21-7-3-2-4-8-21/h2-9,16,20H,10-15,17-18H2,1H3,(H2,24,25,27). The Morgan fingerprint density at radius 2 is 1.86 bits per heavy atom. The van der Waals surface area contributed by atoms with Gasteiger partial charge in [0.1, 0.15) is 12.4 Å². The van der Waals surface area contributed by atoms with E-state index >= 15 is 0 Å². The Balaban J connectivity index is 1.25. The zero-order chi connectivity index (χ0) is 19.6. The van der Waals surface area contributed by atoms with Crippen molar-refractivity contribution in [3.8, 4) is 5.75 Å². The number of ether oxygens (including phenoxy) is 1. The van der Waals surface area contributed by atoms with E-state index in [9.17, 15) is 4.79 Å². The van der Waals surface area contributed by atoms with Crippen LogP contribution >= 0.6 is 0 Å². The molecule has 0 bridgehead atoms. The third-order valence-corrected chi connectivity index (χ3v) is 5.15. The largest absolute Gasteiger partial charge is 0.492 e. The highest BCUT2D eigenvalue weighted by Crippen LogP contribution is 2.18. The lowest BCUT2D eigenvalue weighted by atomic mass is 9.96. The van der Waals surface area contributed by atoms with E-state index in [0.717, 1.165) is 50.3 Å². The van der Waals surface area contributed by atoms with Gasteiger partial charge in [0.05, 0.1) is 6.54 Å². The van der Waals surface area contributed by atoms with Gasteiger partial charge in [-0.25, -0.2) is 4.79 Å². The Kier molecular flexibility index (Phi) is 7.73. The summed E-state index contributed by atoms with van der Waals surface area (Å²) in [5, 5.41) is 5.86. The summed E-state index contributed by atoms with van der Waals surface area (Å²) >= 11 is 0. The van der Waals surface area contributed by atoms with Gasteiger partial charge in [0.15, 0.2) is 0 Å². The number of nitrogens with one attached hydrogen (secondary N) is 2. The number of hydrogen-bond donors (Lipinski definition) is 2. The summed E-state index contributed by atoms with van der Waals surface area (Å²) < 4.78 is 5.64. The predicted molar refractivity (Wildman–Crippen MR) is 113 cm³/mol. The molecule has 0 aliphatic carbocycles. The van der Waals surface area contributed by atoms with Crippen molar-refractivity contribution in [3.63, 3.8) is 0 Å². The van der Waals surface area contributed by atoms with Gasteiger partial charge < -0.3 is 15.4 Å². The summed E-state index contributed by atoms with van der Waals surface area (Å²) in [5.41, 5.74) is 2.53. The van der Waals surface area contributed by atoms with Gasteiger partial charge in [-0.2, -0.15) is 0 Å². The Morgan fingerprint density at radius 1 is 1.07 bits per heavy atom. The number of amides is 2. The fourth-order valence-electron chi connectivity index (χ4n) is 3.53. The number of nitrogens with zero attached hydrogens (tertiary/aromatic N) is 1. The number of aryl methyl sites for hydroxylation is 1. The second kappa shape index (κ2) is 10.7. The van der Waals surface area contributed by atoms with E-state index in [1.807, 2.05) is 31.2 Å². The van der Waals surface area contributed by atoms with E-state index in [-0.39, 0.29) is 6.03 Å². The molecule has 1 aliphatic rings. The lowest BCUT2D eigenvalue weighted by Crippen LogP contribution is -2.42. The van der Waals surface area contributed by atoms with Gasteiger partial charge in [0.2, 0.25) is 0 Å². The molecule has 0 unspecified atom stereocenters. The molecule has 5 heteroatoms. The van der Waals surface area contributed by atoms with E-state index < -0.39 is 0 Å². The Morgan fingerprint density at radius 3 is 2.61 bits per heavy atom. The molecule has 2 amide bonds. The number of urea groups is 1. The van der Waals surface area contributed by atoms with E-state index in [1.54, 1.807) is 0 Å². The van der Waals surface area contributed by atoms with Gasteiger partial charge in [0.25, 0.3) is 0 Å². The first kappa shape index (κ1) is 20.2. The third kappa shape index (κ3) is 6.89. The third-order valence-electron chi connectivity index (χ3n) is 5.15. The zero-order valence-electron chi connectivity index (χ0n) is 16.7. The van der Waals surface area contributed by atoms with Crippen LogP contribution in [0.1, 0.15) is 24.0 Å². The minimum Gasteiger partial charge on any atom is -0.492 e. The molecule has 0 radical (unpaired) electrons. The molecule has 0 atom stereocenters. The van der Waals surface area contributed by atoms with Gasteiger partial charge in [-0.3, -0.25) is 4.90 Å². The molecule has 2 N–H and O–H groups in total. The molecular weight excluding hydrogens is 350 g/mol. The molecule has 0 spiro atoms. The number of likely N-dealkylation sites (tertiary alicyclic amines) is 1. The summed E-state index contributed by atoms with van der Waals surface area (Å²) in [5.74, 6) is 1.39. The van der Waals surface area contributed by atoms with Crippen LogP contribution in [0.4, 0.5) is 4.79 Å². The average Bonchev–Trinajstić information content (AvgIpc) is 2.72. The number of hydrogen-bond acceptors (Lipinski definition) is 3. The number of benzene rings is 2. The second-order valence-corrected chi connectivity index (χ2v) is 7.51. The molecule has 1 heterocycles. The van der Waals surface area contributed by atoms with Crippen molar-refractivity contribution in [3.05, 3.63) is 65.7 Å². The molecule has 150 valence electrons. The summed E-state index contributed by atoms with van der Waals surface area (Å²) in [7, 11) is 0. The molecule has 3 rings (SSSR count). The monoisotopic (exact) mass is 381 g/mol. The predicted octanol–water partition coefficient (Wildman–Crippen LogP) is 3.59. The normalized spacial score (nSPS) is 15.2. The minimum absolute atomic E-state index is 0.112. The maximum atomic E-state index is 12.0. The zero-order valence-corrected chi connectivity index (χ0v) is 16.7. The van der Waals surface area contributed by atoms with Crippen molar-refractivity contribution in [1.29, 1.82) is 0 Å². The van der Waals surface area contributed by atoms with Crippen LogP contribution in [0.25, 0.3) is 0 Å². The fraction of sp³-hybridized carbons (Fsp3) is 0.435. The van der Waals surface area contributed by atoms with Crippen molar-refractivity contribution in [2.75, 3.05) is 32.8 Å². The van der Waals surface area contributed by atoms with E-state index in [0.29, 0.717) is 19.1 Å². The molecule has 1 fully saturated rings.